The number of nitrogens with one attached hydrogen (secondary N) is 3. The lowest BCUT2D eigenvalue weighted by molar-refractivity contribution is -0.143. The van der Waals surface area contributed by atoms with E-state index in [2.05, 4.69) is 34.1 Å². The van der Waals surface area contributed by atoms with Gasteiger partial charge in [-0.1, -0.05) is 63.6 Å². The van der Waals surface area contributed by atoms with Crippen LogP contribution in [0, 0.1) is 16.7 Å². The number of sulfonamides is 1. The third-order valence-corrected chi connectivity index (χ3v) is 13.9. The summed E-state index contributed by atoms with van der Waals surface area (Å²) in [4.78, 5) is 72.2. The van der Waals surface area contributed by atoms with Crippen LogP contribution in [0.4, 0.5) is 9.59 Å². The van der Waals surface area contributed by atoms with Crippen LogP contribution in [0.25, 0.3) is 6.08 Å². The Hall–Kier alpha value is -4.40. The molecular formula is C39H51N5O9S. The van der Waals surface area contributed by atoms with Crippen LogP contribution < -0.4 is 15.4 Å². The van der Waals surface area contributed by atoms with Gasteiger partial charge in [-0.15, -0.1) is 6.58 Å². The molecule has 5 amide bonds. The fourth-order valence-electron chi connectivity index (χ4n) is 8.28. The van der Waals surface area contributed by atoms with Crippen molar-refractivity contribution < 1.29 is 41.9 Å². The average molecular weight is 766 g/mol. The Kier molecular flexibility index (Phi) is 9.84. The average Bonchev–Trinajstić information content (AvgIpc) is 3.99. The predicted molar refractivity (Wildman–Crippen MR) is 198 cm³/mol. The number of hydrogen-bond donors (Lipinski definition) is 3. The fraction of sp³-hybridized carbons (Fsp3) is 0.615. The van der Waals surface area contributed by atoms with E-state index in [4.69, 9.17) is 9.47 Å². The Bertz CT molecular complexity index is 1880. The van der Waals surface area contributed by atoms with Crippen LogP contribution in [-0.4, -0.2) is 90.3 Å². The number of carbonyl (C=O) groups is 5. The highest BCUT2D eigenvalue weighted by molar-refractivity contribution is 7.91. The molecule has 14 nitrogen and oxygen atoms in total. The summed E-state index contributed by atoms with van der Waals surface area (Å²) in [5.41, 5.74) is 0.490. The van der Waals surface area contributed by atoms with Gasteiger partial charge in [-0.05, 0) is 67.1 Å². The van der Waals surface area contributed by atoms with Crippen molar-refractivity contribution in [3.63, 3.8) is 0 Å². The molecule has 3 N–H and O–H groups in total. The van der Waals surface area contributed by atoms with Gasteiger partial charge in [0.15, 0.2) is 0 Å². The molecule has 1 saturated heterocycles. The van der Waals surface area contributed by atoms with Crippen molar-refractivity contribution >= 4 is 46.0 Å². The number of rotatable bonds is 6. The lowest BCUT2D eigenvalue weighted by atomic mass is 9.66. The molecular weight excluding hydrogens is 715 g/mol. The van der Waals surface area contributed by atoms with Gasteiger partial charge < -0.3 is 25.0 Å². The van der Waals surface area contributed by atoms with E-state index in [1.807, 2.05) is 18.2 Å². The second-order valence-electron chi connectivity index (χ2n) is 17.1. The van der Waals surface area contributed by atoms with E-state index in [1.165, 1.54) is 11.0 Å². The van der Waals surface area contributed by atoms with Gasteiger partial charge in [0.2, 0.25) is 21.8 Å². The van der Waals surface area contributed by atoms with Crippen molar-refractivity contribution in [3.05, 3.63) is 53.6 Å². The van der Waals surface area contributed by atoms with Crippen LogP contribution in [-0.2, 0) is 47.0 Å². The largest absolute Gasteiger partial charge is 0.449 e. The van der Waals surface area contributed by atoms with Gasteiger partial charge in [0.25, 0.3) is 5.91 Å². The van der Waals surface area contributed by atoms with Gasteiger partial charge in [-0.2, -0.15) is 0 Å². The maximum absolute atomic E-state index is 14.5. The summed E-state index contributed by atoms with van der Waals surface area (Å²) in [5.74, 6) is -2.70. The fourth-order valence-corrected chi connectivity index (χ4v) is 9.64. The molecule has 292 valence electrons. The molecule has 1 aromatic carbocycles. The number of amides is 5. The zero-order valence-electron chi connectivity index (χ0n) is 31.2. The SMILES string of the molecule is C=C[C@@H]1C[C@]1(NC(=O)[C@@H]1C[C@@H]2CN1C(=O)[C@H](C(C)(C)C)NC(=O)OCC1(CCC=Cc3cccc4c3CN(C4)C(=O)O2)CCC1)C(=O)NS(=O)(=O)C1CC1. The smallest absolute Gasteiger partial charge is 0.410 e. The molecule has 3 saturated carbocycles. The molecule has 3 aliphatic carbocycles. The third kappa shape index (κ3) is 7.47. The molecule has 5 atom stereocenters. The molecule has 0 radical (unpaired) electrons. The standard InChI is InChI=1S/C39H51N5O9S/c1-5-26-19-39(26,34(47)42-54(50,51)28-13-14-28)41-32(45)30-18-27-21-44(30)33(46)31(37(2,3)4)40-35(48)52-23-38(16-9-17-38)15-7-6-10-24-11-8-12-25-20-43(22-29(24)25)36(49)53-27/h5-6,8,10-12,26-28,30-31H,1,7,9,13-23H2,2-4H3,(H,40,48)(H,41,45)(H,42,47)/t26-,27-,30+,31-,39-/m1/s1. The Balaban J connectivity index is 1.17. The minimum absolute atomic E-state index is 0.0846. The number of fused-ring (bicyclic) bond motifs is 3. The second kappa shape index (κ2) is 14.0. The van der Waals surface area contributed by atoms with E-state index in [1.54, 1.807) is 25.7 Å². The van der Waals surface area contributed by atoms with Crippen LogP contribution in [0.3, 0.4) is 0 Å². The predicted octanol–water partition coefficient (Wildman–Crippen LogP) is 3.90. The Labute approximate surface area is 316 Å². The van der Waals surface area contributed by atoms with Crippen molar-refractivity contribution in [2.24, 2.45) is 16.7 Å². The molecule has 54 heavy (non-hydrogen) atoms. The number of nitrogens with zero attached hydrogens (tertiary/aromatic N) is 2. The number of hydrogen-bond acceptors (Lipinski definition) is 9. The zero-order chi connectivity index (χ0) is 38.6. The van der Waals surface area contributed by atoms with Crippen LogP contribution in [0.2, 0.25) is 0 Å². The first-order valence-electron chi connectivity index (χ1n) is 19.0. The van der Waals surface area contributed by atoms with Crippen LogP contribution in [0.15, 0.2) is 36.9 Å². The van der Waals surface area contributed by atoms with Crippen LogP contribution in [0.1, 0.15) is 95.2 Å². The van der Waals surface area contributed by atoms with Gasteiger partial charge in [-0.3, -0.25) is 24.0 Å². The molecule has 1 aromatic rings. The number of benzene rings is 1. The molecule has 6 aliphatic rings. The number of carbonyl (C=O) groups excluding carboxylic acids is 5. The van der Waals surface area contributed by atoms with Crippen LogP contribution in [0.5, 0.6) is 0 Å². The first-order valence-corrected chi connectivity index (χ1v) is 20.6. The molecule has 15 heteroatoms. The monoisotopic (exact) mass is 765 g/mol. The number of ether oxygens (including phenoxy) is 2. The molecule has 0 unspecified atom stereocenters. The molecule has 4 bridgehead atoms. The van der Waals surface area contributed by atoms with E-state index in [0.29, 0.717) is 25.9 Å². The maximum atomic E-state index is 14.5. The number of cyclic esters (lactones) is 1. The zero-order valence-corrected chi connectivity index (χ0v) is 32.0. The first kappa shape index (κ1) is 37.9. The number of alkyl carbamates (subject to hydrolysis) is 1. The minimum atomic E-state index is -3.91. The van der Waals surface area contributed by atoms with E-state index in [-0.39, 0.29) is 31.4 Å². The maximum Gasteiger partial charge on any atom is 0.410 e. The number of allylic oxidation sites excluding steroid dienone is 1. The summed E-state index contributed by atoms with van der Waals surface area (Å²) in [6, 6.07) is 3.62. The highest BCUT2D eigenvalue weighted by Crippen LogP contribution is 2.46. The normalized spacial score (nSPS) is 29.7. The molecule has 4 fully saturated rings. The molecule has 0 aromatic heterocycles. The van der Waals surface area contributed by atoms with E-state index in [9.17, 15) is 32.4 Å². The highest BCUT2D eigenvalue weighted by Gasteiger charge is 2.62. The van der Waals surface area contributed by atoms with E-state index in [0.717, 1.165) is 48.8 Å². The topological polar surface area (TPSA) is 181 Å². The van der Waals surface area contributed by atoms with Crippen molar-refractivity contribution in [3.8, 4) is 0 Å². The second-order valence-corrected chi connectivity index (χ2v) is 19.0. The summed E-state index contributed by atoms with van der Waals surface area (Å²) < 4.78 is 39.3. The van der Waals surface area contributed by atoms with Gasteiger partial charge in [0.05, 0.1) is 24.9 Å². The summed E-state index contributed by atoms with van der Waals surface area (Å²) >= 11 is 0. The molecule has 7 rings (SSSR count). The lowest BCUT2D eigenvalue weighted by Crippen LogP contribution is -2.60. The molecule has 1 spiro atoms. The summed E-state index contributed by atoms with van der Waals surface area (Å²) in [6.07, 6.45) is 8.91. The van der Waals surface area contributed by atoms with Gasteiger partial charge >= 0.3 is 12.2 Å². The minimum Gasteiger partial charge on any atom is -0.449 e. The van der Waals surface area contributed by atoms with Crippen molar-refractivity contribution in [1.29, 1.82) is 0 Å². The van der Waals surface area contributed by atoms with Crippen molar-refractivity contribution in [2.45, 2.75) is 121 Å². The molecule has 3 aliphatic heterocycles. The lowest BCUT2D eigenvalue weighted by Gasteiger charge is -2.41. The van der Waals surface area contributed by atoms with Gasteiger partial charge in [0, 0.05) is 24.3 Å². The summed E-state index contributed by atoms with van der Waals surface area (Å²) in [5, 5.41) is 4.88. The van der Waals surface area contributed by atoms with Crippen LogP contribution >= 0.6 is 0 Å². The summed E-state index contributed by atoms with van der Waals surface area (Å²) in [6.45, 7) is 9.87. The Morgan fingerprint density at radius 3 is 2.50 bits per heavy atom. The van der Waals surface area contributed by atoms with E-state index < -0.39 is 80.2 Å². The quantitative estimate of drug-likeness (QED) is 0.362. The Morgan fingerprint density at radius 1 is 1.09 bits per heavy atom. The first-order chi connectivity index (χ1) is 25.5. The van der Waals surface area contributed by atoms with E-state index >= 15 is 0 Å². The van der Waals surface area contributed by atoms with Gasteiger partial charge in [0.1, 0.15) is 23.7 Å². The third-order valence-electron chi connectivity index (χ3n) is 12.1. The van der Waals surface area contributed by atoms with Crippen molar-refractivity contribution in [1.82, 2.24) is 25.2 Å². The Morgan fingerprint density at radius 2 is 1.85 bits per heavy atom. The molecule has 3 heterocycles. The van der Waals surface area contributed by atoms with Crippen molar-refractivity contribution in [2.75, 3.05) is 13.2 Å². The van der Waals surface area contributed by atoms with Gasteiger partial charge in [-0.25, -0.2) is 18.0 Å². The summed E-state index contributed by atoms with van der Waals surface area (Å²) in [7, 11) is -3.91. The highest BCUT2D eigenvalue weighted by atomic mass is 32.2.